The standard InChI is InChI=1S/C16H20ClNO5/c1-9(2)23-14-11(17)7-10(8-13(14)22-3)15(19)18-6-4-5-12(18)16(20)21/h7-9,12H,4-6H2,1-3H3,(H,20,21)/t12-/m0/s1. The van der Waals surface area contributed by atoms with E-state index in [0.29, 0.717) is 30.9 Å². The van der Waals surface area contributed by atoms with Crippen LogP contribution in [0.5, 0.6) is 11.5 Å². The van der Waals surface area contributed by atoms with Gasteiger partial charge in [0.15, 0.2) is 11.5 Å². The summed E-state index contributed by atoms with van der Waals surface area (Å²) in [5.41, 5.74) is 0.288. The predicted molar refractivity (Wildman–Crippen MR) is 85.5 cm³/mol. The SMILES string of the molecule is COc1cc(C(=O)N2CCC[C@H]2C(=O)O)cc(Cl)c1OC(C)C. The van der Waals surface area contributed by atoms with E-state index in [9.17, 15) is 14.7 Å². The Morgan fingerprint density at radius 3 is 2.65 bits per heavy atom. The van der Waals surface area contributed by atoms with Gasteiger partial charge < -0.3 is 19.5 Å². The molecule has 0 saturated carbocycles. The number of rotatable bonds is 5. The predicted octanol–water partition coefficient (Wildman–Crippen LogP) is 2.83. The van der Waals surface area contributed by atoms with Crippen molar-refractivity contribution in [2.75, 3.05) is 13.7 Å². The molecule has 7 heteroatoms. The fourth-order valence-corrected chi connectivity index (χ4v) is 2.88. The summed E-state index contributed by atoms with van der Waals surface area (Å²) in [6.07, 6.45) is 1.03. The second-order valence-corrected chi connectivity index (χ2v) is 6.06. The molecule has 0 spiro atoms. The second kappa shape index (κ2) is 7.08. The number of carboxylic acid groups (broad SMARTS) is 1. The molecule has 6 nitrogen and oxygen atoms in total. The van der Waals surface area contributed by atoms with Crippen LogP contribution >= 0.6 is 11.6 Å². The third-order valence-electron chi connectivity index (χ3n) is 3.63. The minimum absolute atomic E-state index is 0.0991. The summed E-state index contributed by atoms with van der Waals surface area (Å²) in [4.78, 5) is 25.2. The molecule has 1 aliphatic rings. The van der Waals surface area contributed by atoms with E-state index in [2.05, 4.69) is 0 Å². The molecular formula is C16H20ClNO5. The first-order valence-electron chi connectivity index (χ1n) is 7.43. The van der Waals surface area contributed by atoms with Gasteiger partial charge in [-0.2, -0.15) is 0 Å². The Bertz CT molecular complexity index is 617. The first kappa shape index (κ1) is 17.4. The number of hydrogen-bond acceptors (Lipinski definition) is 4. The van der Waals surface area contributed by atoms with Crippen molar-refractivity contribution in [3.05, 3.63) is 22.7 Å². The van der Waals surface area contributed by atoms with Gasteiger partial charge in [0.05, 0.1) is 18.2 Å². The van der Waals surface area contributed by atoms with Crippen molar-refractivity contribution in [2.45, 2.75) is 38.8 Å². The van der Waals surface area contributed by atoms with Gasteiger partial charge in [0.25, 0.3) is 5.91 Å². The van der Waals surface area contributed by atoms with Crippen molar-refractivity contribution in [1.82, 2.24) is 4.90 Å². The van der Waals surface area contributed by atoms with E-state index in [1.165, 1.54) is 24.1 Å². The highest BCUT2D eigenvalue weighted by Gasteiger charge is 2.35. The Morgan fingerprint density at radius 1 is 1.39 bits per heavy atom. The third-order valence-corrected chi connectivity index (χ3v) is 3.91. The average molecular weight is 342 g/mol. The lowest BCUT2D eigenvalue weighted by atomic mass is 10.1. The summed E-state index contributed by atoms with van der Waals surface area (Å²) in [5.74, 6) is -0.641. The zero-order valence-corrected chi connectivity index (χ0v) is 14.1. The lowest BCUT2D eigenvalue weighted by molar-refractivity contribution is -0.141. The molecule has 1 amide bonds. The van der Waals surface area contributed by atoms with Crippen LogP contribution in [-0.2, 0) is 4.79 Å². The second-order valence-electron chi connectivity index (χ2n) is 5.65. The minimum Gasteiger partial charge on any atom is -0.493 e. The number of ether oxygens (including phenoxy) is 2. The Kier molecular flexibility index (Phi) is 5.36. The molecule has 1 heterocycles. The smallest absolute Gasteiger partial charge is 0.326 e. The largest absolute Gasteiger partial charge is 0.493 e. The van der Waals surface area contributed by atoms with Crippen molar-refractivity contribution >= 4 is 23.5 Å². The van der Waals surface area contributed by atoms with Gasteiger partial charge >= 0.3 is 5.97 Å². The van der Waals surface area contributed by atoms with E-state index in [4.69, 9.17) is 21.1 Å². The normalized spacial score (nSPS) is 17.4. The molecule has 2 rings (SSSR count). The monoisotopic (exact) mass is 341 g/mol. The number of benzene rings is 1. The Balaban J connectivity index is 2.34. The molecule has 1 aliphatic heterocycles. The number of methoxy groups -OCH3 is 1. The van der Waals surface area contributed by atoms with E-state index in [0.717, 1.165) is 0 Å². The van der Waals surface area contributed by atoms with Gasteiger partial charge in [0.1, 0.15) is 6.04 Å². The number of hydrogen-bond donors (Lipinski definition) is 1. The maximum absolute atomic E-state index is 12.6. The fourth-order valence-electron chi connectivity index (χ4n) is 2.63. The quantitative estimate of drug-likeness (QED) is 0.891. The van der Waals surface area contributed by atoms with Crippen LogP contribution in [0, 0.1) is 0 Å². The van der Waals surface area contributed by atoms with Crippen molar-refractivity contribution in [3.63, 3.8) is 0 Å². The minimum atomic E-state index is -0.992. The summed E-state index contributed by atoms with van der Waals surface area (Å²) in [7, 11) is 1.46. The molecule has 0 aliphatic carbocycles. The first-order valence-corrected chi connectivity index (χ1v) is 7.81. The maximum atomic E-state index is 12.6. The third kappa shape index (κ3) is 3.69. The number of aliphatic carboxylic acids is 1. The van der Waals surface area contributed by atoms with Crippen molar-refractivity contribution < 1.29 is 24.2 Å². The number of carbonyl (C=O) groups is 2. The molecule has 0 bridgehead atoms. The molecule has 0 radical (unpaired) electrons. The molecule has 23 heavy (non-hydrogen) atoms. The van der Waals surface area contributed by atoms with Gasteiger partial charge in [-0.25, -0.2) is 4.79 Å². The summed E-state index contributed by atoms with van der Waals surface area (Å²) < 4.78 is 10.9. The van der Waals surface area contributed by atoms with Crippen LogP contribution in [0.15, 0.2) is 12.1 Å². The van der Waals surface area contributed by atoms with E-state index in [1.54, 1.807) is 0 Å². The van der Waals surface area contributed by atoms with E-state index in [1.807, 2.05) is 13.8 Å². The van der Waals surface area contributed by atoms with Crippen LogP contribution < -0.4 is 9.47 Å². The van der Waals surface area contributed by atoms with Crippen molar-refractivity contribution in [2.24, 2.45) is 0 Å². The van der Waals surface area contributed by atoms with Gasteiger partial charge in [-0.15, -0.1) is 0 Å². The Morgan fingerprint density at radius 2 is 2.09 bits per heavy atom. The summed E-state index contributed by atoms with van der Waals surface area (Å²) in [6.45, 7) is 4.13. The zero-order chi connectivity index (χ0) is 17.1. The number of halogens is 1. The van der Waals surface area contributed by atoms with Gasteiger partial charge in [0, 0.05) is 12.1 Å². The highest BCUT2D eigenvalue weighted by atomic mass is 35.5. The molecule has 1 atom stereocenters. The van der Waals surface area contributed by atoms with Crippen molar-refractivity contribution in [1.29, 1.82) is 0 Å². The molecule has 126 valence electrons. The summed E-state index contributed by atoms with van der Waals surface area (Å²) in [5, 5.41) is 9.47. The van der Waals surface area contributed by atoms with Crippen LogP contribution in [0.3, 0.4) is 0 Å². The molecule has 0 aromatic heterocycles. The zero-order valence-electron chi connectivity index (χ0n) is 13.3. The molecule has 1 fully saturated rings. The molecule has 1 aromatic carbocycles. The van der Waals surface area contributed by atoms with Gasteiger partial charge in [0.2, 0.25) is 0 Å². The molecule has 1 saturated heterocycles. The van der Waals surface area contributed by atoms with E-state index >= 15 is 0 Å². The first-order chi connectivity index (χ1) is 10.8. The maximum Gasteiger partial charge on any atom is 0.326 e. The van der Waals surface area contributed by atoms with Crippen LogP contribution in [-0.4, -0.2) is 47.7 Å². The highest BCUT2D eigenvalue weighted by molar-refractivity contribution is 6.32. The molecular weight excluding hydrogens is 322 g/mol. The highest BCUT2D eigenvalue weighted by Crippen LogP contribution is 2.37. The fraction of sp³-hybridized carbons (Fsp3) is 0.500. The van der Waals surface area contributed by atoms with Crippen LogP contribution in [0.1, 0.15) is 37.0 Å². The topological polar surface area (TPSA) is 76.1 Å². The van der Waals surface area contributed by atoms with Gasteiger partial charge in [-0.05, 0) is 38.8 Å². The number of amides is 1. The molecule has 1 N–H and O–H groups in total. The number of carboxylic acids is 1. The number of likely N-dealkylation sites (tertiary alicyclic amines) is 1. The van der Waals surface area contributed by atoms with Gasteiger partial charge in [-0.1, -0.05) is 11.6 Å². The van der Waals surface area contributed by atoms with E-state index < -0.39 is 12.0 Å². The lowest BCUT2D eigenvalue weighted by Gasteiger charge is -2.22. The summed E-state index contributed by atoms with van der Waals surface area (Å²) in [6, 6.07) is 2.23. The lowest BCUT2D eigenvalue weighted by Crippen LogP contribution is -2.40. The van der Waals surface area contributed by atoms with Crippen LogP contribution in [0.2, 0.25) is 5.02 Å². The van der Waals surface area contributed by atoms with Crippen molar-refractivity contribution in [3.8, 4) is 11.5 Å². The Hall–Kier alpha value is -1.95. The molecule has 1 aromatic rings. The van der Waals surface area contributed by atoms with Crippen LogP contribution in [0.4, 0.5) is 0 Å². The summed E-state index contributed by atoms with van der Waals surface area (Å²) >= 11 is 6.22. The molecule has 0 unspecified atom stereocenters. The van der Waals surface area contributed by atoms with Crippen LogP contribution in [0.25, 0.3) is 0 Å². The Labute approximate surface area is 139 Å². The average Bonchev–Trinajstić information content (AvgIpc) is 2.97. The van der Waals surface area contributed by atoms with E-state index in [-0.39, 0.29) is 22.6 Å². The van der Waals surface area contributed by atoms with Gasteiger partial charge in [-0.3, -0.25) is 4.79 Å². The number of carbonyl (C=O) groups excluding carboxylic acids is 1. The number of nitrogens with zero attached hydrogens (tertiary/aromatic N) is 1.